The van der Waals surface area contributed by atoms with Crippen LogP contribution in [0.3, 0.4) is 0 Å². The van der Waals surface area contributed by atoms with Gasteiger partial charge in [-0.05, 0) is 53.7 Å². The number of amides is 1. The Labute approximate surface area is 116 Å². The number of halogens is 1. The number of nitrogens with one attached hydrogen (secondary N) is 2. The Morgan fingerprint density at radius 2 is 2.33 bits per heavy atom. The van der Waals surface area contributed by atoms with Crippen molar-refractivity contribution in [2.24, 2.45) is 0 Å². The SMILES string of the molecule is Cc1cc(Br)cnc1NCCCC(=O)NC1CC1. The molecule has 5 heteroatoms. The van der Waals surface area contributed by atoms with E-state index in [1.54, 1.807) is 6.20 Å². The maximum Gasteiger partial charge on any atom is 0.220 e. The van der Waals surface area contributed by atoms with E-state index in [1.807, 2.05) is 13.0 Å². The van der Waals surface area contributed by atoms with Crippen molar-refractivity contribution in [1.29, 1.82) is 0 Å². The van der Waals surface area contributed by atoms with Crippen molar-refractivity contribution >= 4 is 27.7 Å². The molecule has 1 amide bonds. The lowest BCUT2D eigenvalue weighted by Gasteiger charge is -2.08. The first kappa shape index (κ1) is 13.3. The van der Waals surface area contributed by atoms with E-state index in [2.05, 4.69) is 31.5 Å². The Kier molecular flexibility index (Phi) is 4.58. The van der Waals surface area contributed by atoms with Gasteiger partial charge in [0, 0.05) is 29.7 Å². The average Bonchev–Trinajstić information content (AvgIpc) is 3.10. The summed E-state index contributed by atoms with van der Waals surface area (Å²) in [7, 11) is 0. The van der Waals surface area contributed by atoms with Crippen molar-refractivity contribution in [1.82, 2.24) is 10.3 Å². The van der Waals surface area contributed by atoms with Crippen LogP contribution in [0.1, 0.15) is 31.2 Å². The van der Waals surface area contributed by atoms with Gasteiger partial charge in [-0.2, -0.15) is 0 Å². The fraction of sp³-hybridized carbons (Fsp3) is 0.538. The Bertz CT molecular complexity index is 432. The summed E-state index contributed by atoms with van der Waals surface area (Å²) >= 11 is 3.38. The van der Waals surface area contributed by atoms with Crippen molar-refractivity contribution in [3.05, 3.63) is 22.3 Å². The molecule has 1 heterocycles. The molecule has 0 aromatic carbocycles. The second kappa shape index (κ2) is 6.18. The lowest BCUT2D eigenvalue weighted by Crippen LogP contribution is -2.25. The van der Waals surface area contributed by atoms with Gasteiger partial charge in [0.05, 0.1) is 0 Å². The van der Waals surface area contributed by atoms with Crippen LogP contribution in [0.25, 0.3) is 0 Å². The van der Waals surface area contributed by atoms with Crippen molar-refractivity contribution < 1.29 is 4.79 Å². The second-order valence-corrected chi connectivity index (χ2v) is 5.61. The standard InChI is InChI=1S/C13H18BrN3O/c1-9-7-10(14)8-16-13(9)15-6-2-3-12(18)17-11-4-5-11/h7-8,11H,2-6H2,1H3,(H,15,16)(H,17,18). The summed E-state index contributed by atoms with van der Waals surface area (Å²) in [6, 6.07) is 2.48. The summed E-state index contributed by atoms with van der Waals surface area (Å²) in [5.74, 6) is 1.06. The van der Waals surface area contributed by atoms with Gasteiger partial charge in [0.15, 0.2) is 0 Å². The normalized spacial score (nSPS) is 14.3. The molecule has 1 fully saturated rings. The number of nitrogens with zero attached hydrogens (tertiary/aromatic N) is 1. The van der Waals surface area contributed by atoms with E-state index in [-0.39, 0.29) is 5.91 Å². The monoisotopic (exact) mass is 311 g/mol. The molecule has 0 spiro atoms. The van der Waals surface area contributed by atoms with Crippen LogP contribution < -0.4 is 10.6 Å². The third kappa shape index (κ3) is 4.29. The number of rotatable bonds is 6. The average molecular weight is 312 g/mol. The van der Waals surface area contributed by atoms with Crippen LogP contribution in [0.4, 0.5) is 5.82 Å². The van der Waals surface area contributed by atoms with Gasteiger partial charge in [-0.25, -0.2) is 4.98 Å². The van der Waals surface area contributed by atoms with Crippen molar-refractivity contribution in [3.63, 3.8) is 0 Å². The quantitative estimate of drug-likeness (QED) is 0.794. The van der Waals surface area contributed by atoms with Crippen LogP contribution in [0.5, 0.6) is 0 Å². The Hall–Kier alpha value is -1.10. The van der Waals surface area contributed by atoms with Crippen LogP contribution >= 0.6 is 15.9 Å². The van der Waals surface area contributed by atoms with Gasteiger partial charge in [-0.3, -0.25) is 4.79 Å². The molecule has 0 bridgehead atoms. The fourth-order valence-electron chi connectivity index (χ4n) is 1.71. The topological polar surface area (TPSA) is 54.0 Å². The van der Waals surface area contributed by atoms with E-state index >= 15 is 0 Å². The van der Waals surface area contributed by atoms with Crippen LogP contribution in [0.2, 0.25) is 0 Å². The molecule has 1 aromatic heterocycles. The van der Waals surface area contributed by atoms with E-state index in [9.17, 15) is 4.79 Å². The summed E-state index contributed by atoms with van der Waals surface area (Å²) in [5, 5.41) is 6.24. The van der Waals surface area contributed by atoms with E-state index in [0.29, 0.717) is 12.5 Å². The summed E-state index contributed by atoms with van der Waals surface area (Å²) in [4.78, 5) is 15.8. The summed E-state index contributed by atoms with van der Waals surface area (Å²) in [5.41, 5.74) is 1.10. The first-order valence-electron chi connectivity index (χ1n) is 6.30. The molecular weight excluding hydrogens is 294 g/mol. The highest BCUT2D eigenvalue weighted by Crippen LogP contribution is 2.19. The zero-order valence-electron chi connectivity index (χ0n) is 10.5. The van der Waals surface area contributed by atoms with Gasteiger partial charge < -0.3 is 10.6 Å². The third-order valence-electron chi connectivity index (χ3n) is 2.86. The molecule has 98 valence electrons. The molecule has 4 nitrogen and oxygen atoms in total. The minimum absolute atomic E-state index is 0.166. The molecule has 0 radical (unpaired) electrons. The maximum absolute atomic E-state index is 11.5. The molecule has 1 saturated carbocycles. The molecule has 18 heavy (non-hydrogen) atoms. The largest absolute Gasteiger partial charge is 0.370 e. The predicted octanol–water partition coefficient (Wildman–Crippen LogP) is 2.62. The number of pyridine rings is 1. The molecule has 1 aromatic rings. The zero-order valence-corrected chi connectivity index (χ0v) is 12.1. The van der Waals surface area contributed by atoms with Crippen molar-refractivity contribution in [2.75, 3.05) is 11.9 Å². The zero-order chi connectivity index (χ0) is 13.0. The van der Waals surface area contributed by atoms with E-state index < -0.39 is 0 Å². The molecule has 0 unspecified atom stereocenters. The predicted molar refractivity (Wildman–Crippen MR) is 75.6 cm³/mol. The smallest absolute Gasteiger partial charge is 0.220 e. The molecule has 0 saturated heterocycles. The van der Waals surface area contributed by atoms with Gasteiger partial charge in [0.1, 0.15) is 5.82 Å². The number of hydrogen-bond donors (Lipinski definition) is 2. The van der Waals surface area contributed by atoms with Crippen molar-refractivity contribution in [3.8, 4) is 0 Å². The molecule has 0 atom stereocenters. The Morgan fingerprint density at radius 1 is 1.56 bits per heavy atom. The molecule has 0 aliphatic heterocycles. The lowest BCUT2D eigenvalue weighted by molar-refractivity contribution is -0.121. The van der Waals surface area contributed by atoms with Crippen LogP contribution in [-0.4, -0.2) is 23.5 Å². The van der Waals surface area contributed by atoms with E-state index in [4.69, 9.17) is 0 Å². The summed E-state index contributed by atoms with van der Waals surface area (Å²) in [6.45, 7) is 2.79. The van der Waals surface area contributed by atoms with Crippen LogP contribution in [0, 0.1) is 6.92 Å². The first-order valence-corrected chi connectivity index (χ1v) is 7.10. The van der Waals surface area contributed by atoms with Crippen LogP contribution in [0.15, 0.2) is 16.7 Å². The first-order chi connectivity index (χ1) is 8.65. The van der Waals surface area contributed by atoms with Gasteiger partial charge in [-0.15, -0.1) is 0 Å². The molecule has 2 N–H and O–H groups in total. The third-order valence-corrected chi connectivity index (χ3v) is 3.29. The summed E-state index contributed by atoms with van der Waals surface area (Å²) < 4.78 is 0.981. The number of carbonyl (C=O) groups is 1. The lowest BCUT2D eigenvalue weighted by atomic mass is 10.2. The summed E-state index contributed by atoms with van der Waals surface area (Å²) in [6.07, 6.45) is 5.47. The highest BCUT2D eigenvalue weighted by molar-refractivity contribution is 9.10. The van der Waals surface area contributed by atoms with Gasteiger partial charge >= 0.3 is 0 Å². The molecule has 2 rings (SSSR count). The minimum atomic E-state index is 0.166. The Morgan fingerprint density at radius 3 is 3.00 bits per heavy atom. The van der Waals surface area contributed by atoms with E-state index in [1.165, 1.54) is 0 Å². The van der Waals surface area contributed by atoms with Gasteiger partial charge in [0.25, 0.3) is 0 Å². The Balaban J connectivity index is 1.66. The number of hydrogen-bond acceptors (Lipinski definition) is 3. The molecule has 1 aliphatic carbocycles. The number of aryl methyl sites for hydroxylation is 1. The minimum Gasteiger partial charge on any atom is -0.370 e. The van der Waals surface area contributed by atoms with E-state index in [0.717, 1.165) is 41.7 Å². The fourth-order valence-corrected chi connectivity index (χ4v) is 2.15. The number of carbonyl (C=O) groups excluding carboxylic acids is 1. The number of anilines is 1. The highest BCUT2D eigenvalue weighted by atomic mass is 79.9. The van der Waals surface area contributed by atoms with Crippen molar-refractivity contribution in [2.45, 2.75) is 38.6 Å². The highest BCUT2D eigenvalue weighted by Gasteiger charge is 2.22. The maximum atomic E-state index is 11.5. The number of aromatic nitrogens is 1. The van der Waals surface area contributed by atoms with Crippen LogP contribution in [-0.2, 0) is 4.79 Å². The molecule has 1 aliphatic rings. The van der Waals surface area contributed by atoms with Gasteiger partial charge in [-0.1, -0.05) is 0 Å². The second-order valence-electron chi connectivity index (χ2n) is 4.69. The molecular formula is C13H18BrN3O. The van der Waals surface area contributed by atoms with Gasteiger partial charge in [0.2, 0.25) is 5.91 Å².